The molecule has 0 fully saturated rings. The lowest BCUT2D eigenvalue weighted by molar-refractivity contribution is -0.165. The van der Waals surface area contributed by atoms with Crippen LogP contribution >= 0.6 is 0 Å². The van der Waals surface area contributed by atoms with Gasteiger partial charge in [-0.2, -0.15) is 0 Å². The van der Waals surface area contributed by atoms with E-state index in [1.807, 2.05) is 0 Å². The molecule has 0 bridgehead atoms. The molecule has 0 saturated carbocycles. The van der Waals surface area contributed by atoms with E-state index in [2.05, 4.69) is 0 Å². The fourth-order valence-corrected chi connectivity index (χ4v) is 3.71. The van der Waals surface area contributed by atoms with Crippen LogP contribution in [0.25, 0.3) is 0 Å². The van der Waals surface area contributed by atoms with Crippen LogP contribution in [-0.4, -0.2) is 149 Å². The quantitative estimate of drug-likeness (QED) is 0.0840. The molecule has 0 heterocycles. The normalized spacial score (nSPS) is 11.0. The Kier molecular flexibility index (Phi) is 21.5. The fraction of sp³-hybridized carbons (Fsp3) is 0.778. The lowest BCUT2D eigenvalue weighted by Gasteiger charge is -2.31. The minimum atomic E-state index is -1.55. The molecule has 242 valence electrons. The van der Waals surface area contributed by atoms with Gasteiger partial charge in [0, 0.05) is 26.2 Å². The summed E-state index contributed by atoms with van der Waals surface area (Å²) in [5.41, 5.74) is 0. The minimum absolute atomic E-state index is 0.00622. The maximum atomic E-state index is 12.8. The van der Waals surface area contributed by atoms with Crippen LogP contribution in [0.3, 0.4) is 0 Å². The average molecular weight is 606 g/mol. The van der Waals surface area contributed by atoms with Crippen molar-refractivity contribution in [1.82, 2.24) is 14.7 Å². The van der Waals surface area contributed by atoms with Crippen molar-refractivity contribution < 1.29 is 57.2 Å². The van der Waals surface area contributed by atoms with Gasteiger partial charge in [-0.15, -0.1) is 0 Å². The number of carbonyl (C=O) groups is 6. The van der Waals surface area contributed by atoms with Crippen molar-refractivity contribution >= 4 is 35.8 Å². The molecule has 0 aliphatic heterocycles. The Morgan fingerprint density at radius 3 is 1.12 bits per heavy atom. The van der Waals surface area contributed by atoms with Crippen LogP contribution in [-0.2, 0) is 57.2 Å². The monoisotopic (exact) mass is 605 g/mol. The molecule has 0 aliphatic carbocycles. The molecule has 15 heteroatoms. The van der Waals surface area contributed by atoms with Crippen LogP contribution in [0.2, 0.25) is 0 Å². The van der Waals surface area contributed by atoms with Crippen molar-refractivity contribution in [3.05, 3.63) is 0 Å². The lowest BCUT2D eigenvalue weighted by Crippen LogP contribution is -2.53. The SMILES string of the molecule is CCOC(=O)CN(CCN(CC(=O)OCC)CC(=O)OCC)CCN(CC(=O)OCC)C(C(=O)OCC)C(=O)OCC. The minimum Gasteiger partial charge on any atom is -0.465 e. The van der Waals surface area contributed by atoms with Crippen LogP contribution in [0, 0.1) is 0 Å². The summed E-state index contributed by atoms with van der Waals surface area (Å²) < 4.78 is 30.3. The van der Waals surface area contributed by atoms with Gasteiger partial charge in [0.1, 0.15) is 0 Å². The highest BCUT2D eigenvalue weighted by Gasteiger charge is 2.37. The number of carbonyl (C=O) groups excluding carboxylic acids is 6. The molecule has 0 saturated heterocycles. The Morgan fingerprint density at radius 1 is 0.429 bits per heavy atom. The van der Waals surface area contributed by atoms with E-state index in [0.29, 0.717) is 0 Å². The molecule has 0 N–H and O–H groups in total. The number of rotatable bonds is 23. The topological polar surface area (TPSA) is 168 Å². The first-order valence-electron chi connectivity index (χ1n) is 14.2. The van der Waals surface area contributed by atoms with E-state index < -0.39 is 48.4 Å². The highest BCUT2D eigenvalue weighted by atomic mass is 16.6. The average Bonchev–Trinajstić information content (AvgIpc) is 2.90. The predicted molar refractivity (Wildman–Crippen MR) is 148 cm³/mol. The van der Waals surface area contributed by atoms with Crippen molar-refractivity contribution in [1.29, 1.82) is 0 Å². The van der Waals surface area contributed by atoms with Gasteiger partial charge in [-0.3, -0.25) is 33.9 Å². The van der Waals surface area contributed by atoms with E-state index in [4.69, 9.17) is 28.4 Å². The van der Waals surface area contributed by atoms with Crippen molar-refractivity contribution in [2.75, 3.05) is 92.0 Å². The molecule has 0 amide bonds. The Labute approximate surface area is 247 Å². The zero-order valence-corrected chi connectivity index (χ0v) is 25.7. The third kappa shape index (κ3) is 16.8. The van der Waals surface area contributed by atoms with Crippen molar-refractivity contribution in [3.63, 3.8) is 0 Å². The second-order valence-electron chi connectivity index (χ2n) is 8.58. The van der Waals surface area contributed by atoms with E-state index >= 15 is 0 Å². The Morgan fingerprint density at radius 2 is 0.738 bits per heavy atom. The maximum absolute atomic E-state index is 12.8. The number of nitrogens with zero attached hydrogens (tertiary/aromatic N) is 3. The molecule has 42 heavy (non-hydrogen) atoms. The molecule has 0 spiro atoms. The van der Waals surface area contributed by atoms with Gasteiger partial charge >= 0.3 is 35.8 Å². The van der Waals surface area contributed by atoms with Gasteiger partial charge in [0.2, 0.25) is 6.04 Å². The van der Waals surface area contributed by atoms with Gasteiger partial charge < -0.3 is 28.4 Å². The van der Waals surface area contributed by atoms with Gasteiger partial charge in [0.05, 0.1) is 65.8 Å². The van der Waals surface area contributed by atoms with Gasteiger partial charge in [0.15, 0.2) is 0 Å². The molecule has 0 aromatic carbocycles. The summed E-state index contributed by atoms with van der Waals surface area (Å²) in [6.45, 7) is 9.64. The molecule has 0 radical (unpaired) electrons. The Bertz CT molecular complexity index is 816. The molecule has 0 aromatic rings. The largest absolute Gasteiger partial charge is 0.465 e. The number of esters is 6. The first-order chi connectivity index (χ1) is 20.1. The second-order valence-corrected chi connectivity index (χ2v) is 8.58. The first kappa shape index (κ1) is 38.7. The summed E-state index contributed by atoms with van der Waals surface area (Å²) >= 11 is 0. The standard InChI is InChI=1S/C27H47N3O12/c1-7-37-21(31)17-28(13-14-29(18-22(32)38-8-2)19-23(33)39-9-3)15-16-30(20-24(34)40-10-4)25(26(35)41-11-5)27(36)42-12-6/h25H,7-20H2,1-6H3. The van der Waals surface area contributed by atoms with Crippen LogP contribution < -0.4 is 0 Å². The van der Waals surface area contributed by atoms with Crippen LogP contribution in [0.15, 0.2) is 0 Å². The number of hydrogen-bond donors (Lipinski definition) is 0. The highest BCUT2D eigenvalue weighted by Crippen LogP contribution is 2.08. The molecule has 0 aromatic heterocycles. The smallest absolute Gasteiger partial charge is 0.335 e. The highest BCUT2D eigenvalue weighted by molar-refractivity contribution is 5.99. The second kappa shape index (κ2) is 23.3. The lowest BCUT2D eigenvalue weighted by atomic mass is 10.2. The van der Waals surface area contributed by atoms with Crippen molar-refractivity contribution in [2.45, 2.75) is 47.6 Å². The molecule has 15 nitrogen and oxygen atoms in total. The summed E-state index contributed by atoms with van der Waals surface area (Å²) in [4.78, 5) is 79.1. The van der Waals surface area contributed by atoms with Gasteiger partial charge in [-0.05, 0) is 41.5 Å². The molecule has 0 rings (SSSR count). The van der Waals surface area contributed by atoms with Gasteiger partial charge in [-0.1, -0.05) is 0 Å². The van der Waals surface area contributed by atoms with Crippen LogP contribution in [0.5, 0.6) is 0 Å². The third-order valence-electron chi connectivity index (χ3n) is 5.43. The van der Waals surface area contributed by atoms with E-state index in [0.717, 1.165) is 0 Å². The molecular weight excluding hydrogens is 558 g/mol. The molecular formula is C27H47N3O12. The zero-order valence-electron chi connectivity index (χ0n) is 25.7. The Balaban J connectivity index is 6.01. The predicted octanol–water partition coefficient (Wildman–Crippen LogP) is -0.360. The maximum Gasteiger partial charge on any atom is 0.335 e. The number of ether oxygens (including phenoxy) is 6. The van der Waals surface area contributed by atoms with Crippen molar-refractivity contribution in [2.24, 2.45) is 0 Å². The zero-order chi connectivity index (χ0) is 31.9. The summed E-state index contributed by atoms with van der Waals surface area (Å²) in [6.07, 6.45) is 0. The van der Waals surface area contributed by atoms with E-state index in [1.165, 1.54) is 9.80 Å². The van der Waals surface area contributed by atoms with Crippen LogP contribution in [0.4, 0.5) is 0 Å². The summed E-state index contributed by atoms with van der Waals surface area (Å²) in [5, 5.41) is 0. The van der Waals surface area contributed by atoms with Crippen LogP contribution in [0.1, 0.15) is 41.5 Å². The summed E-state index contributed by atoms with van der Waals surface area (Å²) in [6, 6.07) is -1.55. The molecule has 0 atom stereocenters. The van der Waals surface area contributed by atoms with Crippen molar-refractivity contribution in [3.8, 4) is 0 Å². The summed E-state index contributed by atoms with van der Waals surface area (Å²) in [5.74, 6) is -4.08. The molecule has 0 aliphatic rings. The van der Waals surface area contributed by atoms with E-state index in [9.17, 15) is 28.8 Å². The Hall–Kier alpha value is -3.30. The first-order valence-corrected chi connectivity index (χ1v) is 14.2. The number of hydrogen-bond acceptors (Lipinski definition) is 15. The third-order valence-corrected chi connectivity index (χ3v) is 5.43. The summed E-state index contributed by atoms with van der Waals surface area (Å²) in [7, 11) is 0. The molecule has 0 unspecified atom stereocenters. The fourth-order valence-electron chi connectivity index (χ4n) is 3.71. The van der Waals surface area contributed by atoms with E-state index in [-0.39, 0.29) is 85.5 Å². The van der Waals surface area contributed by atoms with Gasteiger partial charge in [-0.25, -0.2) is 9.59 Å². The van der Waals surface area contributed by atoms with E-state index in [1.54, 1.807) is 46.4 Å². The van der Waals surface area contributed by atoms with Gasteiger partial charge in [0.25, 0.3) is 0 Å².